The maximum atomic E-state index is 12.3. The molecule has 0 aliphatic rings. The van der Waals surface area contributed by atoms with Crippen molar-refractivity contribution in [3.8, 4) is 22.6 Å². The number of alkyl halides is 1. The smallest absolute Gasteiger partial charge is 0.344 e. The lowest BCUT2D eigenvalue weighted by molar-refractivity contribution is 0.273. The van der Waals surface area contributed by atoms with Crippen LogP contribution in [-0.2, 0) is 0 Å². The van der Waals surface area contributed by atoms with E-state index in [2.05, 4.69) is 15.9 Å². The van der Waals surface area contributed by atoms with Crippen molar-refractivity contribution in [3.05, 3.63) is 57.4 Å². The molecule has 3 rings (SSSR count). The van der Waals surface area contributed by atoms with Gasteiger partial charge in [-0.25, -0.2) is 9.18 Å². The lowest BCUT2D eigenvalue weighted by Gasteiger charge is -2.08. The van der Waals surface area contributed by atoms with Crippen LogP contribution in [0, 0.1) is 0 Å². The van der Waals surface area contributed by atoms with Gasteiger partial charge in [-0.2, -0.15) is 0 Å². The lowest BCUT2D eigenvalue weighted by Crippen LogP contribution is -2.03. The molecule has 0 atom stereocenters. The molecule has 2 aromatic carbocycles. The highest BCUT2D eigenvalue weighted by Crippen LogP contribution is 2.31. The lowest BCUT2D eigenvalue weighted by atomic mass is 10.1. The maximum Gasteiger partial charge on any atom is 0.344 e. The van der Waals surface area contributed by atoms with E-state index >= 15 is 0 Å². The molecule has 6 heteroatoms. The van der Waals surface area contributed by atoms with E-state index in [0.29, 0.717) is 32.5 Å². The zero-order valence-electron chi connectivity index (χ0n) is 12.8. The Labute approximate surface area is 145 Å². The molecule has 0 aliphatic heterocycles. The standard InChI is InChI=1S/C18H14BrFO4/c1-22-13-4-2-11(3-5-13)15-9-12-8-14(23-7-6-20)10-16(19)17(12)24-18(15)21/h2-5,8-10H,6-7H2,1H3. The molecule has 0 fully saturated rings. The topological polar surface area (TPSA) is 48.7 Å². The number of hydrogen-bond acceptors (Lipinski definition) is 4. The Morgan fingerprint density at radius 1 is 1.12 bits per heavy atom. The summed E-state index contributed by atoms with van der Waals surface area (Å²) in [5, 5.41) is 0.684. The molecule has 1 heterocycles. The van der Waals surface area contributed by atoms with Crippen molar-refractivity contribution in [2.75, 3.05) is 20.4 Å². The van der Waals surface area contributed by atoms with Crippen LogP contribution in [0.25, 0.3) is 22.1 Å². The number of hydrogen-bond donors (Lipinski definition) is 0. The number of methoxy groups -OCH3 is 1. The third-order valence-corrected chi connectivity index (χ3v) is 4.10. The molecule has 0 bridgehead atoms. The van der Waals surface area contributed by atoms with E-state index in [-0.39, 0.29) is 6.61 Å². The molecule has 0 unspecified atom stereocenters. The molecule has 4 nitrogen and oxygen atoms in total. The Kier molecular flexibility index (Phi) is 4.85. The molecule has 0 amide bonds. The van der Waals surface area contributed by atoms with Crippen LogP contribution in [-0.4, -0.2) is 20.4 Å². The summed E-state index contributed by atoms with van der Waals surface area (Å²) in [6, 6.07) is 12.2. The van der Waals surface area contributed by atoms with Crippen molar-refractivity contribution in [2.45, 2.75) is 0 Å². The maximum absolute atomic E-state index is 12.3. The Hall–Kier alpha value is -2.34. The first-order valence-corrected chi connectivity index (χ1v) is 8.02. The fourth-order valence-electron chi connectivity index (χ4n) is 2.38. The third kappa shape index (κ3) is 3.28. The number of benzene rings is 2. The highest BCUT2D eigenvalue weighted by Gasteiger charge is 2.12. The van der Waals surface area contributed by atoms with Crippen molar-refractivity contribution in [2.24, 2.45) is 0 Å². The van der Waals surface area contributed by atoms with Crippen LogP contribution in [0.3, 0.4) is 0 Å². The molecular formula is C18H14BrFO4. The molecule has 0 aliphatic carbocycles. The van der Waals surface area contributed by atoms with Crippen molar-refractivity contribution < 1.29 is 18.3 Å². The van der Waals surface area contributed by atoms with E-state index in [9.17, 15) is 9.18 Å². The zero-order valence-corrected chi connectivity index (χ0v) is 14.4. The third-order valence-electron chi connectivity index (χ3n) is 3.51. The van der Waals surface area contributed by atoms with Crippen LogP contribution in [0.1, 0.15) is 0 Å². The minimum Gasteiger partial charge on any atom is -0.497 e. The van der Waals surface area contributed by atoms with Gasteiger partial charge >= 0.3 is 5.63 Å². The van der Waals surface area contributed by atoms with Crippen molar-refractivity contribution in [1.29, 1.82) is 0 Å². The van der Waals surface area contributed by atoms with Gasteiger partial charge in [-0.1, -0.05) is 12.1 Å². The summed E-state index contributed by atoms with van der Waals surface area (Å²) < 4.78 is 28.7. The highest BCUT2D eigenvalue weighted by atomic mass is 79.9. The predicted octanol–water partition coefficient (Wildman–Crippen LogP) is 4.58. The fourth-order valence-corrected chi connectivity index (χ4v) is 2.91. The predicted molar refractivity (Wildman–Crippen MR) is 93.6 cm³/mol. The van der Waals surface area contributed by atoms with Crippen LogP contribution in [0.4, 0.5) is 4.39 Å². The minimum atomic E-state index is -0.573. The zero-order chi connectivity index (χ0) is 17.1. The number of fused-ring (bicyclic) bond motifs is 1. The van der Waals surface area contributed by atoms with Crippen molar-refractivity contribution in [3.63, 3.8) is 0 Å². The number of rotatable bonds is 5. The molecule has 1 aromatic heterocycles. The average Bonchev–Trinajstić information content (AvgIpc) is 2.60. The largest absolute Gasteiger partial charge is 0.497 e. The van der Waals surface area contributed by atoms with Gasteiger partial charge in [0.2, 0.25) is 0 Å². The van der Waals surface area contributed by atoms with Crippen LogP contribution in [0.2, 0.25) is 0 Å². The quantitative estimate of drug-likeness (QED) is 0.596. The van der Waals surface area contributed by atoms with Crippen LogP contribution >= 0.6 is 15.9 Å². The van der Waals surface area contributed by atoms with Crippen molar-refractivity contribution in [1.82, 2.24) is 0 Å². The van der Waals surface area contributed by atoms with Crippen LogP contribution < -0.4 is 15.1 Å². The summed E-state index contributed by atoms with van der Waals surface area (Å²) >= 11 is 3.35. The van der Waals surface area contributed by atoms with Gasteiger partial charge in [-0.15, -0.1) is 0 Å². The second kappa shape index (κ2) is 7.05. The molecule has 0 N–H and O–H groups in total. The van der Waals surface area contributed by atoms with Gasteiger partial charge < -0.3 is 13.9 Å². The van der Waals surface area contributed by atoms with E-state index in [1.807, 2.05) is 0 Å². The summed E-state index contributed by atoms with van der Waals surface area (Å²) in [4.78, 5) is 12.3. The van der Waals surface area contributed by atoms with Gasteiger partial charge in [0.05, 0.1) is 17.1 Å². The van der Waals surface area contributed by atoms with Gasteiger partial charge in [0.25, 0.3) is 0 Å². The minimum absolute atomic E-state index is 0.0277. The highest BCUT2D eigenvalue weighted by molar-refractivity contribution is 9.10. The second-order valence-corrected chi connectivity index (χ2v) is 5.89. The number of ether oxygens (including phenoxy) is 2. The second-order valence-electron chi connectivity index (χ2n) is 5.04. The van der Waals surface area contributed by atoms with E-state index in [0.717, 1.165) is 5.56 Å². The van der Waals surface area contributed by atoms with E-state index in [1.165, 1.54) is 0 Å². The van der Waals surface area contributed by atoms with Gasteiger partial charge in [0.1, 0.15) is 24.8 Å². The summed E-state index contributed by atoms with van der Waals surface area (Å²) in [6.07, 6.45) is 0. The normalized spacial score (nSPS) is 10.8. The molecule has 3 aromatic rings. The first kappa shape index (κ1) is 16.5. The van der Waals surface area contributed by atoms with Crippen LogP contribution in [0.5, 0.6) is 11.5 Å². The molecular weight excluding hydrogens is 379 g/mol. The summed E-state index contributed by atoms with van der Waals surface area (Å²) in [7, 11) is 1.58. The molecule has 0 saturated heterocycles. The Bertz CT molecular complexity index is 919. The van der Waals surface area contributed by atoms with Gasteiger partial charge in [-0.05, 0) is 51.8 Å². The van der Waals surface area contributed by atoms with E-state index in [4.69, 9.17) is 13.9 Å². The van der Waals surface area contributed by atoms with Gasteiger partial charge in [-0.3, -0.25) is 0 Å². The summed E-state index contributed by atoms with van der Waals surface area (Å²) in [5.41, 5.74) is 1.13. The molecule has 124 valence electrons. The van der Waals surface area contributed by atoms with Gasteiger partial charge in [0.15, 0.2) is 5.58 Å². The Morgan fingerprint density at radius 3 is 2.54 bits per heavy atom. The molecule has 0 spiro atoms. The summed E-state index contributed by atoms with van der Waals surface area (Å²) in [5.74, 6) is 1.20. The molecule has 0 radical (unpaired) electrons. The van der Waals surface area contributed by atoms with E-state index in [1.54, 1.807) is 49.6 Å². The Balaban J connectivity index is 2.11. The first-order valence-electron chi connectivity index (χ1n) is 7.23. The molecule has 24 heavy (non-hydrogen) atoms. The van der Waals surface area contributed by atoms with Crippen molar-refractivity contribution >= 4 is 26.9 Å². The monoisotopic (exact) mass is 392 g/mol. The van der Waals surface area contributed by atoms with Gasteiger partial charge in [0, 0.05) is 5.39 Å². The first-order chi connectivity index (χ1) is 11.6. The van der Waals surface area contributed by atoms with Crippen LogP contribution in [0.15, 0.2) is 56.1 Å². The summed E-state index contributed by atoms with van der Waals surface area (Å²) in [6.45, 7) is -0.601. The average molecular weight is 393 g/mol. The Morgan fingerprint density at radius 2 is 1.88 bits per heavy atom. The fraction of sp³-hybridized carbons (Fsp3) is 0.167. The number of halogens is 2. The molecule has 0 saturated carbocycles. The SMILES string of the molecule is COc1ccc(-c2cc3cc(OCCF)cc(Br)c3oc2=O)cc1. The van der Waals surface area contributed by atoms with E-state index < -0.39 is 12.3 Å².